The molecule has 1 rings (SSSR count). The normalized spacial score (nSPS) is 13.8. The van der Waals surface area contributed by atoms with Crippen molar-refractivity contribution in [1.29, 1.82) is 0 Å². The Balaban J connectivity index is 0.00000576. The first-order valence-electron chi connectivity index (χ1n) is 7.52. The lowest BCUT2D eigenvalue weighted by Crippen LogP contribution is -2.45. The smallest absolute Gasteiger partial charge is 0.406 e. The van der Waals surface area contributed by atoms with E-state index < -0.39 is 6.36 Å². The summed E-state index contributed by atoms with van der Waals surface area (Å²) in [6, 6.07) is 5.56. The van der Waals surface area contributed by atoms with Gasteiger partial charge in [0.25, 0.3) is 0 Å². The van der Waals surface area contributed by atoms with Crippen molar-refractivity contribution < 1.29 is 23.0 Å². The molecule has 0 spiro atoms. The van der Waals surface area contributed by atoms with Crippen LogP contribution in [0.2, 0.25) is 0 Å². The van der Waals surface area contributed by atoms with Crippen molar-refractivity contribution in [2.75, 3.05) is 13.2 Å². The summed E-state index contributed by atoms with van der Waals surface area (Å²) >= 11 is 0. The van der Waals surface area contributed by atoms with E-state index in [0.29, 0.717) is 13.0 Å². The maximum absolute atomic E-state index is 12.1. The van der Waals surface area contributed by atoms with E-state index in [1.54, 1.807) is 0 Å². The maximum Gasteiger partial charge on any atom is 0.573 e. The fourth-order valence-electron chi connectivity index (χ4n) is 2.00. The lowest BCUT2D eigenvalue weighted by atomic mass is 10.0. The van der Waals surface area contributed by atoms with Crippen molar-refractivity contribution >= 4 is 29.9 Å². The number of aliphatic hydroxyl groups is 1. The van der Waals surface area contributed by atoms with Gasteiger partial charge >= 0.3 is 6.36 Å². The fraction of sp³-hybridized carbons (Fsp3) is 0.562. The van der Waals surface area contributed by atoms with Gasteiger partial charge < -0.3 is 20.9 Å². The molecule has 0 aliphatic carbocycles. The van der Waals surface area contributed by atoms with Crippen LogP contribution in [0.5, 0.6) is 5.75 Å². The Labute approximate surface area is 162 Å². The fourth-order valence-corrected chi connectivity index (χ4v) is 2.00. The highest BCUT2D eigenvalue weighted by Crippen LogP contribution is 2.23. The molecule has 1 unspecified atom stereocenters. The molecule has 144 valence electrons. The molecular formula is C16H25F3IN3O2. The molecule has 0 aromatic heterocycles. The van der Waals surface area contributed by atoms with Gasteiger partial charge in [-0.15, -0.1) is 37.1 Å². The Hall–Kier alpha value is -1.23. The van der Waals surface area contributed by atoms with Gasteiger partial charge in [0.15, 0.2) is 5.96 Å². The van der Waals surface area contributed by atoms with Gasteiger partial charge in [-0.25, -0.2) is 0 Å². The first kappa shape index (κ1) is 23.8. The molecule has 5 nitrogen and oxygen atoms in total. The van der Waals surface area contributed by atoms with Gasteiger partial charge in [-0.05, 0) is 44.9 Å². The average Bonchev–Trinajstić information content (AvgIpc) is 2.41. The van der Waals surface area contributed by atoms with E-state index in [-0.39, 0.29) is 53.7 Å². The molecule has 4 N–H and O–H groups in total. The maximum atomic E-state index is 12.1. The molecule has 25 heavy (non-hydrogen) atoms. The number of aliphatic imine (C=N–C) groups is 1. The third-order valence-corrected chi connectivity index (χ3v) is 2.96. The summed E-state index contributed by atoms with van der Waals surface area (Å²) in [5, 5.41) is 12.5. The highest BCUT2D eigenvalue weighted by molar-refractivity contribution is 14.0. The van der Waals surface area contributed by atoms with Crippen LogP contribution in [-0.4, -0.2) is 36.1 Å². The van der Waals surface area contributed by atoms with Gasteiger partial charge in [-0.3, -0.25) is 4.99 Å². The molecule has 0 heterocycles. The van der Waals surface area contributed by atoms with Crippen molar-refractivity contribution in [3.63, 3.8) is 0 Å². The van der Waals surface area contributed by atoms with E-state index in [9.17, 15) is 18.3 Å². The lowest BCUT2D eigenvalue weighted by molar-refractivity contribution is -0.274. The van der Waals surface area contributed by atoms with E-state index in [2.05, 4.69) is 15.0 Å². The summed E-state index contributed by atoms with van der Waals surface area (Å²) in [6.07, 6.45) is -4.24. The minimum Gasteiger partial charge on any atom is -0.406 e. The number of halogens is 4. The number of rotatable bonds is 6. The van der Waals surface area contributed by atoms with Crippen LogP contribution in [-0.2, 0) is 6.42 Å². The van der Waals surface area contributed by atoms with Gasteiger partial charge in [0.1, 0.15) is 5.75 Å². The second-order valence-electron chi connectivity index (χ2n) is 6.55. The number of hydrogen-bond donors (Lipinski definition) is 3. The quantitative estimate of drug-likeness (QED) is 0.336. The largest absolute Gasteiger partial charge is 0.573 e. The second-order valence-corrected chi connectivity index (χ2v) is 6.55. The lowest BCUT2D eigenvalue weighted by Gasteiger charge is -2.21. The Morgan fingerprint density at radius 2 is 1.80 bits per heavy atom. The first-order chi connectivity index (χ1) is 11.0. The first-order valence-corrected chi connectivity index (χ1v) is 7.52. The van der Waals surface area contributed by atoms with E-state index >= 15 is 0 Å². The zero-order chi connectivity index (χ0) is 18.4. The molecular weight excluding hydrogens is 450 g/mol. The number of alkyl halides is 3. The van der Waals surface area contributed by atoms with Gasteiger partial charge in [-0.2, -0.15) is 0 Å². The van der Waals surface area contributed by atoms with Crippen molar-refractivity contribution in [2.24, 2.45) is 16.6 Å². The predicted molar refractivity (Wildman–Crippen MR) is 102 cm³/mol. The standard InChI is InChI=1S/C16H24F3N3O2.HI/c1-15(2,3)22-14(20)21-9-12(10-23)8-11-4-6-13(7-5-11)24-16(17,18)19;/h4-7,12,23H,8-10H2,1-3H3,(H3,20,21,22);1H. The summed E-state index contributed by atoms with van der Waals surface area (Å²) in [5.41, 5.74) is 6.34. The van der Waals surface area contributed by atoms with Gasteiger partial charge in [0.2, 0.25) is 0 Å². The Morgan fingerprint density at radius 3 is 2.24 bits per heavy atom. The number of hydrogen-bond acceptors (Lipinski definition) is 3. The summed E-state index contributed by atoms with van der Waals surface area (Å²) in [6.45, 7) is 6.05. The zero-order valence-electron chi connectivity index (χ0n) is 14.4. The van der Waals surface area contributed by atoms with Crippen LogP contribution in [0.1, 0.15) is 26.3 Å². The number of nitrogens with zero attached hydrogens (tertiary/aromatic N) is 1. The van der Waals surface area contributed by atoms with Crippen LogP contribution >= 0.6 is 24.0 Å². The Kier molecular flexibility index (Phi) is 9.55. The Bertz CT molecular complexity index is 543. The highest BCUT2D eigenvalue weighted by atomic mass is 127. The van der Waals surface area contributed by atoms with E-state index in [0.717, 1.165) is 5.56 Å². The van der Waals surface area contributed by atoms with E-state index in [1.165, 1.54) is 24.3 Å². The topological polar surface area (TPSA) is 79.9 Å². The molecule has 0 amide bonds. The third-order valence-electron chi connectivity index (χ3n) is 2.96. The number of nitrogens with two attached hydrogens (primary N) is 1. The minimum absolute atomic E-state index is 0. The van der Waals surface area contributed by atoms with Gasteiger partial charge in [-0.1, -0.05) is 12.1 Å². The molecule has 0 saturated carbocycles. The van der Waals surface area contributed by atoms with Crippen LogP contribution in [0.25, 0.3) is 0 Å². The zero-order valence-corrected chi connectivity index (χ0v) is 16.8. The van der Waals surface area contributed by atoms with Gasteiger partial charge in [0, 0.05) is 24.6 Å². The number of nitrogens with one attached hydrogen (secondary N) is 1. The van der Waals surface area contributed by atoms with Crippen LogP contribution in [0.3, 0.4) is 0 Å². The van der Waals surface area contributed by atoms with Gasteiger partial charge in [0.05, 0.1) is 0 Å². The number of ether oxygens (including phenoxy) is 1. The molecule has 0 aliphatic heterocycles. The SMILES string of the molecule is CC(C)(C)NC(N)=NCC(CO)Cc1ccc(OC(F)(F)F)cc1.I. The average molecular weight is 475 g/mol. The minimum atomic E-state index is -4.71. The molecule has 0 saturated heterocycles. The molecule has 1 atom stereocenters. The summed E-state index contributed by atoms with van der Waals surface area (Å²) < 4.78 is 40.2. The van der Waals surface area contributed by atoms with Crippen LogP contribution in [0, 0.1) is 5.92 Å². The van der Waals surface area contributed by atoms with Crippen LogP contribution < -0.4 is 15.8 Å². The van der Waals surface area contributed by atoms with Crippen molar-refractivity contribution in [3.05, 3.63) is 29.8 Å². The van der Waals surface area contributed by atoms with Crippen LogP contribution in [0.15, 0.2) is 29.3 Å². The van der Waals surface area contributed by atoms with Crippen molar-refractivity contribution in [3.8, 4) is 5.75 Å². The van der Waals surface area contributed by atoms with Crippen molar-refractivity contribution in [2.45, 2.75) is 39.1 Å². The monoisotopic (exact) mass is 475 g/mol. The summed E-state index contributed by atoms with van der Waals surface area (Å²) in [5.74, 6) is -0.169. The molecule has 1 aromatic rings. The summed E-state index contributed by atoms with van der Waals surface area (Å²) in [4.78, 5) is 4.19. The number of aliphatic hydroxyl groups excluding tert-OH is 1. The predicted octanol–water partition coefficient (Wildman–Crippen LogP) is 3.06. The second kappa shape index (κ2) is 10.0. The summed E-state index contributed by atoms with van der Waals surface area (Å²) in [7, 11) is 0. The molecule has 0 aliphatic rings. The molecule has 9 heteroatoms. The Morgan fingerprint density at radius 1 is 1.24 bits per heavy atom. The molecule has 0 bridgehead atoms. The van der Waals surface area contributed by atoms with Crippen LogP contribution in [0.4, 0.5) is 13.2 Å². The highest BCUT2D eigenvalue weighted by Gasteiger charge is 2.30. The van der Waals surface area contributed by atoms with E-state index in [1.807, 2.05) is 20.8 Å². The molecule has 1 aromatic carbocycles. The van der Waals surface area contributed by atoms with E-state index in [4.69, 9.17) is 5.73 Å². The number of guanidine groups is 1. The number of benzene rings is 1. The molecule has 0 radical (unpaired) electrons. The third kappa shape index (κ3) is 11.1. The molecule has 0 fully saturated rings. The van der Waals surface area contributed by atoms with Crippen molar-refractivity contribution in [1.82, 2.24) is 5.32 Å².